The average Bonchev–Trinajstić information content (AvgIpc) is 3.38. The normalized spacial score (nSPS) is 13.8. The molecule has 3 aromatic rings. The maximum absolute atomic E-state index is 13.0. The summed E-state index contributed by atoms with van der Waals surface area (Å²) in [6, 6.07) is 12.1. The number of rotatable bonds is 6. The minimum absolute atomic E-state index is 0.0666. The predicted molar refractivity (Wildman–Crippen MR) is 119 cm³/mol. The van der Waals surface area contributed by atoms with Crippen molar-refractivity contribution in [2.75, 3.05) is 0 Å². The van der Waals surface area contributed by atoms with E-state index >= 15 is 0 Å². The summed E-state index contributed by atoms with van der Waals surface area (Å²) in [6.07, 6.45) is 7.78. The van der Waals surface area contributed by atoms with Crippen molar-refractivity contribution < 1.29 is 9.21 Å². The number of nitrogens with zero attached hydrogens (tertiary/aromatic N) is 1. The van der Waals surface area contributed by atoms with Gasteiger partial charge in [-0.2, -0.15) is 0 Å². The van der Waals surface area contributed by atoms with E-state index in [0.29, 0.717) is 12.5 Å². The van der Waals surface area contributed by atoms with Crippen molar-refractivity contribution in [3.05, 3.63) is 75.6 Å². The minimum Gasteiger partial charge on any atom is -0.467 e. The lowest BCUT2D eigenvalue weighted by Crippen LogP contribution is -2.23. The number of hydrogen-bond donors (Lipinski definition) is 1. The van der Waals surface area contributed by atoms with Crippen molar-refractivity contribution in [2.24, 2.45) is 4.99 Å². The number of benzene rings is 1. The number of hydrogen-bond acceptors (Lipinski definition) is 4. The second-order valence-electron chi connectivity index (χ2n) is 7.73. The lowest BCUT2D eigenvalue weighted by atomic mass is 9.95. The summed E-state index contributed by atoms with van der Waals surface area (Å²) in [5, 5.41) is 3.80. The topological polar surface area (TPSA) is 54.6 Å². The van der Waals surface area contributed by atoms with Crippen LogP contribution in [0.25, 0.3) is 0 Å². The summed E-state index contributed by atoms with van der Waals surface area (Å²) in [7, 11) is 0. The molecule has 4 nitrogen and oxygen atoms in total. The summed E-state index contributed by atoms with van der Waals surface area (Å²) in [5.74, 6) is 1.19. The molecule has 1 N–H and O–H groups in total. The van der Waals surface area contributed by atoms with Gasteiger partial charge in [-0.05, 0) is 60.4 Å². The highest BCUT2D eigenvalue weighted by atomic mass is 32.1. The minimum atomic E-state index is -0.0666. The van der Waals surface area contributed by atoms with Crippen LogP contribution in [0.2, 0.25) is 0 Å². The Morgan fingerprint density at radius 2 is 2.00 bits per heavy atom. The zero-order valence-corrected chi connectivity index (χ0v) is 17.7. The van der Waals surface area contributed by atoms with E-state index in [1.165, 1.54) is 22.4 Å². The molecule has 0 saturated carbocycles. The number of carbonyl (C=O) groups excluding carboxylic acids is 1. The fourth-order valence-corrected chi connectivity index (χ4v) is 4.88. The van der Waals surface area contributed by atoms with Gasteiger partial charge in [0.15, 0.2) is 0 Å². The summed E-state index contributed by atoms with van der Waals surface area (Å²) in [6.45, 7) is 4.76. The molecular weight excluding hydrogens is 380 g/mol. The molecule has 29 heavy (non-hydrogen) atoms. The Morgan fingerprint density at radius 1 is 1.21 bits per heavy atom. The Kier molecular flexibility index (Phi) is 5.95. The van der Waals surface area contributed by atoms with Gasteiger partial charge in [0.25, 0.3) is 5.91 Å². The van der Waals surface area contributed by atoms with Crippen LogP contribution < -0.4 is 5.32 Å². The van der Waals surface area contributed by atoms with E-state index in [9.17, 15) is 4.79 Å². The summed E-state index contributed by atoms with van der Waals surface area (Å²) in [4.78, 5) is 19.0. The number of fused-ring (bicyclic) bond motifs is 1. The van der Waals surface area contributed by atoms with Gasteiger partial charge < -0.3 is 9.73 Å². The highest BCUT2D eigenvalue weighted by Gasteiger charge is 2.25. The molecule has 4 rings (SSSR count). The highest BCUT2D eigenvalue weighted by molar-refractivity contribution is 7.16. The molecule has 0 fully saturated rings. The number of amides is 1. The Morgan fingerprint density at radius 3 is 2.72 bits per heavy atom. The van der Waals surface area contributed by atoms with Crippen molar-refractivity contribution in [3.63, 3.8) is 0 Å². The fraction of sp³-hybridized carbons (Fsp3) is 0.333. The van der Waals surface area contributed by atoms with Crippen LogP contribution in [-0.2, 0) is 19.4 Å². The molecule has 1 amide bonds. The average molecular weight is 407 g/mol. The van der Waals surface area contributed by atoms with Gasteiger partial charge in [-0.3, -0.25) is 4.79 Å². The molecule has 5 heteroatoms. The van der Waals surface area contributed by atoms with E-state index in [-0.39, 0.29) is 5.91 Å². The number of carbonyl (C=O) groups is 1. The van der Waals surface area contributed by atoms with Crippen LogP contribution >= 0.6 is 11.3 Å². The molecule has 2 heterocycles. The number of furan rings is 1. The molecule has 0 saturated heterocycles. The monoisotopic (exact) mass is 406 g/mol. The third-order valence-corrected chi connectivity index (χ3v) is 6.52. The van der Waals surface area contributed by atoms with Crippen molar-refractivity contribution in [1.29, 1.82) is 0 Å². The molecule has 0 unspecified atom stereocenters. The molecule has 150 valence electrons. The second kappa shape index (κ2) is 8.78. The predicted octanol–water partition coefficient (Wildman–Crippen LogP) is 6.02. The van der Waals surface area contributed by atoms with Crippen LogP contribution in [0.15, 0.2) is 52.1 Å². The fourth-order valence-electron chi connectivity index (χ4n) is 3.65. The van der Waals surface area contributed by atoms with Crippen molar-refractivity contribution in [1.82, 2.24) is 5.32 Å². The molecule has 0 atom stereocenters. The lowest BCUT2D eigenvalue weighted by Gasteiger charge is -2.12. The largest absolute Gasteiger partial charge is 0.467 e. The van der Waals surface area contributed by atoms with E-state index < -0.39 is 0 Å². The molecule has 1 aromatic carbocycles. The zero-order valence-electron chi connectivity index (χ0n) is 16.9. The Balaban J connectivity index is 1.58. The van der Waals surface area contributed by atoms with Crippen LogP contribution in [0.3, 0.4) is 0 Å². The van der Waals surface area contributed by atoms with Gasteiger partial charge in [-0.15, -0.1) is 11.3 Å². The number of aryl methyl sites for hydroxylation is 1. The van der Waals surface area contributed by atoms with Gasteiger partial charge in [-0.25, -0.2) is 4.99 Å². The van der Waals surface area contributed by atoms with Crippen LogP contribution in [0, 0.1) is 0 Å². The maximum atomic E-state index is 13.0. The van der Waals surface area contributed by atoms with E-state index in [4.69, 9.17) is 9.41 Å². The highest BCUT2D eigenvalue weighted by Crippen LogP contribution is 2.39. The summed E-state index contributed by atoms with van der Waals surface area (Å²) >= 11 is 1.66. The van der Waals surface area contributed by atoms with Crippen molar-refractivity contribution in [3.8, 4) is 0 Å². The van der Waals surface area contributed by atoms with Gasteiger partial charge in [0.1, 0.15) is 10.8 Å². The van der Waals surface area contributed by atoms with Crippen LogP contribution in [0.1, 0.15) is 70.3 Å². The van der Waals surface area contributed by atoms with Gasteiger partial charge >= 0.3 is 0 Å². The second-order valence-corrected chi connectivity index (χ2v) is 8.82. The smallest absolute Gasteiger partial charge is 0.255 e. The van der Waals surface area contributed by atoms with E-state index in [0.717, 1.165) is 41.2 Å². The Bertz CT molecular complexity index is 998. The molecule has 0 radical (unpaired) electrons. The first-order valence-electron chi connectivity index (χ1n) is 10.2. The van der Waals surface area contributed by atoms with Crippen LogP contribution in [0.5, 0.6) is 0 Å². The van der Waals surface area contributed by atoms with Gasteiger partial charge in [-0.1, -0.05) is 38.1 Å². The Labute approximate surface area is 175 Å². The molecule has 0 aliphatic heterocycles. The molecular formula is C24H26N2O2S. The van der Waals surface area contributed by atoms with Gasteiger partial charge in [0.05, 0.1) is 18.4 Å². The summed E-state index contributed by atoms with van der Waals surface area (Å²) in [5.41, 5.74) is 4.28. The molecule has 0 bridgehead atoms. The number of aliphatic imine (C=N–C) groups is 1. The molecule has 2 aromatic heterocycles. The standard InChI is InChI=1S/C24H26N2O2S/c1-16(2)18-11-9-17(10-12-18)14-26-24-22(20-7-3-4-8-21(20)29-24)23(27)25-15-19-6-5-13-28-19/h5-6,9-14,16H,3-4,7-8,15H2,1-2H3,(H,25,27)/b26-14-. The van der Waals surface area contributed by atoms with Gasteiger partial charge in [0.2, 0.25) is 0 Å². The van der Waals surface area contributed by atoms with E-state index in [1.54, 1.807) is 17.6 Å². The maximum Gasteiger partial charge on any atom is 0.255 e. The van der Waals surface area contributed by atoms with Gasteiger partial charge in [0, 0.05) is 11.1 Å². The molecule has 1 aliphatic carbocycles. The quantitative estimate of drug-likeness (QED) is 0.509. The zero-order chi connectivity index (χ0) is 20.2. The van der Waals surface area contributed by atoms with Crippen LogP contribution in [-0.4, -0.2) is 12.1 Å². The first-order valence-corrected chi connectivity index (χ1v) is 11.0. The van der Waals surface area contributed by atoms with Crippen molar-refractivity contribution >= 4 is 28.5 Å². The molecule has 0 spiro atoms. The molecule has 1 aliphatic rings. The first-order chi connectivity index (χ1) is 14.1. The SMILES string of the molecule is CC(C)c1ccc(/C=N\c2sc3c(c2C(=O)NCc2ccco2)CCCC3)cc1. The third-order valence-electron chi connectivity index (χ3n) is 5.32. The third kappa shape index (κ3) is 4.51. The first kappa shape index (κ1) is 19.6. The van der Waals surface area contributed by atoms with Crippen molar-refractivity contribution in [2.45, 2.75) is 52.0 Å². The van der Waals surface area contributed by atoms with E-state index in [1.807, 2.05) is 18.3 Å². The summed E-state index contributed by atoms with van der Waals surface area (Å²) < 4.78 is 5.33. The lowest BCUT2D eigenvalue weighted by molar-refractivity contribution is 0.0948. The van der Waals surface area contributed by atoms with Crippen LogP contribution in [0.4, 0.5) is 5.00 Å². The number of thiophene rings is 1. The van der Waals surface area contributed by atoms with E-state index in [2.05, 4.69) is 43.4 Å². The number of nitrogens with one attached hydrogen (secondary N) is 1. The Hall–Kier alpha value is -2.66.